The minimum atomic E-state index is 0.329. The van der Waals surface area contributed by atoms with Gasteiger partial charge in [-0.2, -0.15) is 0 Å². The van der Waals surface area contributed by atoms with Crippen LogP contribution in [0.1, 0.15) is 29.3 Å². The SMILES string of the molecule is COC1=Cc2cccnc2C(N2CCN(Cc3ccccc3)CC2)C1. The molecule has 0 amide bonds. The summed E-state index contributed by atoms with van der Waals surface area (Å²) in [5.41, 5.74) is 3.78. The first-order chi connectivity index (χ1) is 12.3. The Bertz CT molecular complexity index is 736. The third kappa shape index (κ3) is 3.60. The van der Waals surface area contributed by atoms with Crippen LogP contribution in [-0.4, -0.2) is 48.1 Å². The molecule has 1 unspecified atom stereocenters. The average Bonchev–Trinajstić information content (AvgIpc) is 2.68. The van der Waals surface area contributed by atoms with Crippen molar-refractivity contribution < 1.29 is 4.74 Å². The molecule has 1 atom stereocenters. The Morgan fingerprint density at radius 2 is 1.84 bits per heavy atom. The van der Waals surface area contributed by atoms with Crippen LogP contribution < -0.4 is 0 Å². The summed E-state index contributed by atoms with van der Waals surface area (Å²) < 4.78 is 5.57. The second-order valence-electron chi connectivity index (χ2n) is 6.81. The van der Waals surface area contributed by atoms with E-state index in [0.29, 0.717) is 6.04 Å². The van der Waals surface area contributed by atoms with Gasteiger partial charge in [-0.25, -0.2) is 0 Å². The Morgan fingerprint density at radius 1 is 1.04 bits per heavy atom. The van der Waals surface area contributed by atoms with Crippen molar-refractivity contribution in [3.05, 3.63) is 71.2 Å². The summed E-state index contributed by atoms with van der Waals surface area (Å²) in [5.74, 6) is 1.05. The molecule has 0 saturated carbocycles. The van der Waals surface area contributed by atoms with Crippen molar-refractivity contribution in [3.8, 4) is 0 Å². The molecule has 4 heteroatoms. The molecule has 0 bridgehead atoms. The Kier molecular flexibility index (Phi) is 4.81. The number of benzene rings is 1. The molecule has 4 nitrogen and oxygen atoms in total. The number of piperazine rings is 1. The normalized spacial score (nSPS) is 21.5. The van der Waals surface area contributed by atoms with Gasteiger partial charge in [-0.15, -0.1) is 0 Å². The number of hydrogen-bond donors (Lipinski definition) is 0. The maximum atomic E-state index is 5.57. The molecule has 0 radical (unpaired) electrons. The lowest BCUT2D eigenvalue weighted by Crippen LogP contribution is -2.47. The fourth-order valence-electron chi connectivity index (χ4n) is 3.87. The maximum absolute atomic E-state index is 5.57. The fraction of sp³-hybridized carbons (Fsp3) is 0.381. The number of nitrogens with zero attached hydrogens (tertiary/aromatic N) is 3. The summed E-state index contributed by atoms with van der Waals surface area (Å²) in [6.07, 6.45) is 4.95. The van der Waals surface area contributed by atoms with E-state index in [1.54, 1.807) is 7.11 Å². The minimum absolute atomic E-state index is 0.329. The van der Waals surface area contributed by atoms with Crippen LogP contribution in [0.25, 0.3) is 6.08 Å². The van der Waals surface area contributed by atoms with Gasteiger partial charge in [-0.3, -0.25) is 14.8 Å². The molecule has 1 aromatic heterocycles. The molecule has 2 aromatic rings. The van der Waals surface area contributed by atoms with Crippen molar-refractivity contribution >= 4 is 6.08 Å². The molecular weight excluding hydrogens is 310 g/mol. The molecule has 130 valence electrons. The third-order valence-corrected chi connectivity index (χ3v) is 5.26. The Balaban J connectivity index is 1.43. The van der Waals surface area contributed by atoms with Crippen LogP contribution in [0, 0.1) is 0 Å². The summed E-state index contributed by atoms with van der Waals surface area (Å²) in [4.78, 5) is 9.79. The molecule has 4 rings (SSSR count). The highest BCUT2D eigenvalue weighted by Crippen LogP contribution is 2.35. The standard InChI is InChI=1S/C21H25N3O/c1-25-19-14-18-8-5-9-22-21(18)20(15-19)24-12-10-23(11-13-24)16-17-6-3-2-4-7-17/h2-9,14,20H,10-13,15-16H2,1H3. The van der Waals surface area contributed by atoms with Crippen molar-refractivity contribution in [2.24, 2.45) is 0 Å². The second-order valence-corrected chi connectivity index (χ2v) is 6.81. The highest BCUT2D eigenvalue weighted by atomic mass is 16.5. The van der Waals surface area contributed by atoms with Crippen molar-refractivity contribution in [1.82, 2.24) is 14.8 Å². The summed E-state index contributed by atoms with van der Waals surface area (Å²) in [7, 11) is 1.77. The predicted octanol–water partition coefficient (Wildman–Crippen LogP) is 3.33. The van der Waals surface area contributed by atoms with Gasteiger partial charge in [-0.1, -0.05) is 36.4 Å². The van der Waals surface area contributed by atoms with Gasteiger partial charge in [0.2, 0.25) is 0 Å². The second kappa shape index (κ2) is 7.38. The number of methoxy groups -OCH3 is 1. The Morgan fingerprint density at radius 3 is 2.60 bits per heavy atom. The van der Waals surface area contributed by atoms with Gasteiger partial charge in [0.25, 0.3) is 0 Å². The van der Waals surface area contributed by atoms with Crippen LogP contribution in [0.5, 0.6) is 0 Å². The predicted molar refractivity (Wildman–Crippen MR) is 99.9 cm³/mol. The van der Waals surface area contributed by atoms with Crippen LogP contribution in [-0.2, 0) is 11.3 Å². The lowest BCUT2D eigenvalue weighted by Gasteiger charge is -2.40. The molecule has 2 heterocycles. The zero-order chi connectivity index (χ0) is 17.1. The van der Waals surface area contributed by atoms with E-state index in [0.717, 1.165) is 44.9 Å². The number of rotatable bonds is 4. The van der Waals surface area contributed by atoms with Gasteiger partial charge in [0.05, 0.1) is 24.6 Å². The molecule has 1 aliphatic heterocycles. The van der Waals surface area contributed by atoms with Crippen LogP contribution >= 0.6 is 0 Å². The van der Waals surface area contributed by atoms with E-state index in [1.165, 1.54) is 16.8 Å². The van der Waals surface area contributed by atoms with E-state index in [4.69, 9.17) is 4.74 Å². The minimum Gasteiger partial charge on any atom is -0.501 e. The lowest BCUT2D eigenvalue weighted by atomic mass is 9.94. The van der Waals surface area contributed by atoms with Crippen LogP contribution in [0.4, 0.5) is 0 Å². The molecule has 25 heavy (non-hydrogen) atoms. The molecule has 0 spiro atoms. The van der Waals surface area contributed by atoms with Crippen LogP contribution in [0.2, 0.25) is 0 Å². The number of ether oxygens (including phenoxy) is 1. The molecule has 1 fully saturated rings. The number of fused-ring (bicyclic) bond motifs is 1. The monoisotopic (exact) mass is 335 g/mol. The highest BCUT2D eigenvalue weighted by Gasteiger charge is 2.30. The quantitative estimate of drug-likeness (QED) is 0.857. The zero-order valence-corrected chi connectivity index (χ0v) is 14.8. The first kappa shape index (κ1) is 16.3. The van der Waals surface area contributed by atoms with Crippen LogP contribution in [0.3, 0.4) is 0 Å². The third-order valence-electron chi connectivity index (χ3n) is 5.26. The van der Waals surface area contributed by atoms with Gasteiger partial charge < -0.3 is 4.74 Å². The lowest BCUT2D eigenvalue weighted by molar-refractivity contribution is 0.0820. The maximum Gasteiger partial charge on any atom is 0.0981 e. The van der Waals surface area contributed by atoms with E-state index in [9.17, 15) is 0 Å². The first-order valence-electron chi connectivity index (χ1n) is 9.03. The Hall–Kier alpha value is -2.17. The van der Waals surface area contributed by atoms with Gasteiger partial charge in [0.15, 0.2) is 0 Å². The van der Waals surface area contributed by atoms with E-state index in [-0.39, 0.29) is 0 Å². The molecule has 2 aliphatic rings. The summed E-state index contributed by atoms with van der Waals surface area (Å²) >= 11 is 0. The number of pyridine rings is 1. The van der Waals surface area contributed by atoms with Gasteiger partial charge >= 0.3 is 0 Å². The van der Waals surface area contributed by atoms with E-state index >= 15 is 0 Å². The molecule has 1 aliphatic carbocycles. The van der Waals surface area contributed by atoms with Crippen molar-refractivity contribution in [3.63, 3.8) is 0 Å². The van der Waals surface area contributed by atoms with Gasteiger partial charge in [-0.05, 0) is 17.7 Å². The van der Waals surface area contributed by atoms with Gasteiger partial charge in [0, 0.05) is 50.9 Å². The largest absolute Gasteiger partial charge is 0.501 e. The van der Waals surface area contributed by atoms with E-state index < -0.39 is 0 Å². The highest BCUT2D eigenvalue weighted by molar-refractivity contribution is 5.57. The average molecular weight is 335 g/mol. The summed E-state index contributed by atoms with van der Waals surface area (Å²) in [6.45, 7) is 5.38. The van der Waals surface area contributed by atoms with Crippen LogP contribution in [0.15, 0.2) is 54.4 Å². The van der Waals surface area contributed by atoms with E-state index in [2.05, 4.69) is 57.3 Å². The Labute approximate surface area is 149 Å². The molecule has 0 N–H and O–H groups in total. The van der Waals surface area contributed by atoms with E-state index in [1.807, 2.05) is 12.3 Å². The molecule has 1 aromatic carbocycles. The smallest absolute Gasteiger partial charge is 0.0981 e. The first-order valence-corrected chi connectivity index (χ1v) is 9.03. The van der Waals surface area contributed by atoms with Gasteiger partial charge in [0.1, 0.15) is 0 Å². The fourth-order valence-corrected chi connectivity index (χ4v) is 3.87. The van der Waals surface area contributed by atoms with Crippen molar-refractivity contribution in [1.29, 1.82) is 0 Å². The molecule has 1 saturated heterocycles. The summed E-state index contributed by atoms with van der Waals surface area (Å²) in [5, 5.41) is 0. The summed E-state index contributed by atoms with van der Waals surface area (Å²) in [6, 6.07) is 15.2. The van der Waals surface area contributed by atoms with Crippen molar-refractivity contribution in [2.75, 3.05) is 33.3 Å². The van der Waals surface area contributed by atoms with Crippen molar-refractivity contribution in [2.45, 2.75) is 19.0 Å². The topological polar surface area (TPSA) is 28.6 Å². The number of hydrogen-bond acceptors (Lipinski definition) is 4. The zero-order valence-electron chi connectivity index (χ0n) is 14.8. The molecular formula is C21H25N3O. The number of aromatic nitrogens is 1.